The lowest BCUT2D eigenvalue weighted by molar-refractivity contribution is -0.383. The van der Waals surface area contributed by atoms with Crippen molar-refractivity contribution in [1.29, 1.82) is 0 Å². The van der Waals surface area contributed by atoms with E-state index in [2.05, 4.69) is 5.32 Å². The van der Waals surface area contributed by atoms with Crippen LogP contribution in [0.25, 0.3) is 0 Å². The van der Waals surface area contributed by atoms with Gasteiger partial charge in [-0.25, -0.2) is 0 Å². The number of nitrogens with zero attached hydrogens (tertiary/aromatic N) is 2. The van der Waals surface area contributed by atoms with Gasteiger partial charge in [-0.3, -0.25) is 19.7 Å². The monoisotopic (exact) mass is 363 g/mol. The molecule has 0 aliphatic carbocycles. The van der Waals surface area contributed by atoms with E-state index in [1.165, 1.54) is 41.1 Å². The molecule has 1 amide bonds. The predicted molar refractivity (Wildman–Crippen MR) is 102 cm³/mol. The number of para-hydroxylation sites is 2. The van der Waals surface area contributed by atoms with Crippen LogP contribution in [-0.2, 0) is 6.54 Å². The van der Waals surface area contributed by atoms with Crippen molar-refractivity contribution in [2.24, 2.45) is 0 Å². The Kier molecular flexibility index (Phi) is 5.12. The molecule has 1 aromatic heterocycles. The van der Waals surface area contributed by atoms with Crippen molar-refractivity contribution in [3.63, 3.8) is 0 Å². The molecule has 1 heterocycles. The molecule has 0 spiro atoms. The first kappa shape index (κ1) is 18.1. The maximum absolute atomic E-state index is 12.5. The van der Waals surface area contributed by atoms with Gasteiger partial charge in [0.05, 0.1) is 17.0 Å². The average Bonchev–Trinajstić information content (AvgIpc) is 2.65. The van der Waals surface area contributed by atoms with Crippen molar-refractivity contribution in [2.75, 3.05) is 5.32 Å². The molecule has 27 heavy (non-hydrogen) atoms. The second-order valence-electron chi connectivity index (χ2n) is 6.10. The average molecular weight is 363 g/mol. The number of nitro groups is 1. The molecule has 136 valence electrons. The van der Waals surface area contributed by atoms with Crippen LogP contribution in [0.15, 0.2) is 71.7 Å². The van der Waals surface area contributed by atoms with E-state index in [1.807, 2.05) is 31.2 Å². The Morgan fingerprint density at radius 2 is 1.78 bits per heavy atom. The van der Waals surface area contributed by atoms with Gasteiger partial charge in [0.2, 0.25) is 0 Å². The smallest absolute Gasteiger partial charge is 0.292 e. The highest BCUT2D eigenvalue weighted by Gasteiger charge is 2.16. The summed E-state index contributed by atoms with van der Waals surface area (Å²) < 4.78 is 1.43. The molecule has 0 aliphatic rings. The number of benzene rings is 2. The Morgan fingerprint density at radius 3 is 2.48 bits per heavy atom. The van der Waals surface area contributed by atoms with Crippen molar-refractivity contribution >= 4 is 17.3 Å². The van der Waals surface area contributed by atoms with Gasteiger partial charge in [-0.2, -0.15) is 0 Å². The fraction of sp³-hybridized carbons (Fsp3) is 0.100. The first-order chi connectivity index (χ1) is 12.9. The molecule has 0 aliphatic heterocycles. The zero-order chi connectivity index (χ0) is 19.4. The van der Waals surface area contributed by atoms with Crippen molar-refractivity contribution in [3.8, 4) is 0 Å². The molecule has 3 aromatic rings. The van der Waals surface area contributed by atoms with Crippen LogP contribution in [-0.4, -0.2) is 15.4 Å². The number of aryl methyl sites for hydroxylation is 1. The number of carbonyl (C=O) groups excluding carboxylic acids is 1. The first-order valence-corrected chi connectivity index (χ1v) is 8.25. The molecule has 7 heteroatoms. The van der Waals surface area contributed by atoms with Gasteiger partial charge in [0.1, 0.15) is 5.69 Å². The fourth-order valence-electron chi connectivity index (χ4n) is 2.61. The standard InChI is InChI=1S/C20H17N3O4/c1-14-6-8-15(9-7-14)12-22-13-16(10-11-19(22)24)20(25)21-17-4-2-3-5-18(17)23(26)27/h2-11,13H,12H2,1H3,(H,21,25). The summed E-state index contributed by atoms with van der Waals surface area (Å²) in [5.74, 6) is -0.526. The summed E-state index contributed by atoms with van der Waals surface area (Å²) in [6.07, 6.45) is 1.45. The molecule has 0 radical (unpaired) electrons. The van der Waals surface area contributed by atoms with Crippen LogP contribution in [0.4, 0.5) is 11.4 Å². The van der Waals surface area contributed by atoms with Gasteiger partial charge in [0, 0.05) is 18.3 Å². The minimum atomic E-state index is -0.562. The van der Waals surface area contributed by atoms with Gasteiger partial charge in [0.25, 0.3) is 17.2 Å². The maximum Gasteiger partial charge on any atom is 0.292 e. The molecule has 2 aromatic carbocycles. The van der Waals surface area contributed by atoms with E-state index in [1.54, 1.807) is 6.07 Å². The number of rotatable bonds is 5. The number of aromatic nitrogens is 1. The molecular weight excluding hydrogens is 346 g/mol. The number of hydrogen-bond donors (Lipinski definition) is 1. The van der Waals surface area contributed by atoms with Crippen LogP contribution in [0.2, 0.25) is 0 Å². The van der Waals surface area contributed by atoms with E-state index in [-0.39, 0.29) is 22.5 Å². The number of anilines is 1. The highest BCUT2D eigenvalue weighted by atomic mass is 16.6. The molecule has 7 nitrogen and oxygen atoms in total. The molecule has 0 bridgehead atoms. The number of nitrogens with one attached hydrogen (secondary N) is 1. The number of nitro benzene ring substituents is 1. The normalized spacial score (nSPS) is 10.4. The minimum absolute atomic E-state index is 0.101. The lowest BCUT2D eigenvalue weighted by atomic mass is 10.1. The number of pyridine rings is 1. The van der Waals surface area contributed by atoms with Crippen LogP contribution >= 0.6 is 0 Å². The van der Waals surface area contributed by atoms with E-state index in [0.717, 1.165) is 11.1 Å². The maximum atomic E-state index is 12.5. The summed E-state index contributed by atoms with van der Waals surface area (Å²) in [4.78, 5) is 35.1. The Labute approximate surface area is 155 Å². The molecule has 1 N–H and O–H groups in total. The molecule has 0 unspecified atom stereocenters. The topological polar surface area (TPSA) is 94.2 Å². The highest BCUT2D eigenvalue weighted by molar-refractivity contribution is 6.05. The third-order valence-corrected chi connectivity index (χ3v) is 4.07. The van der Waals surface area contributed by atoms with Gasteiger partial charge < -0.3 is 9.88 Å². The third-order valence-electron chi connectivity index (χ3n) is 4.07. The summed E-state index contributed by atoms with van der Waals surface area (Å²) in [5, 5.41) is 13.6. The summed E-state index contributed by atoms with van der Waals surface area (Å²) >= 11 is 0. The second kappa shape index (κ2) is 7.65. The third kappa shape index (κ3) is 4.27. The van der Waals surface area contributed by atoms with Gasteiger partial charge in [-0.05, 0) is 24.6 Å². The van der Waals surface area contributed by atoms with Gasteiger partial charge in [-0.1, -0.05) is 42.0 Å². The van der Waals surface area contributed by atoms with E-state index in [4.69, 9.17) is 0 Å². The van der Waals surface area contributed by atoms with Crippen LogP contribution in [0.5, 0.6) is 0 Å². The van der Waals surface area contributed by atoms with E-state index in [0.29, 0.717) is 6.54 Å². The SMILES string of the molecule is Cc1ccc(Cn2cc(C(=O)Nc3ccccc3[N+](=O)[O-])ccc2=O)cc1. The van der Waals surface area contributed by atoms with E-state index >= 15 is 0 Å². The number of amides is 1. The second-order valence-corrected chi connectivity index (χ2v) is 6.10. The Balaban J connectivity index is 1.85. The molecule has 0 saturated carbocycles. The van der Waals surface area contributed by atoms with E-state index in [9.17, 15) is 19.7 Å². The number of carbonyl (C=O) groups is 1. The molecule has 0 fully saturated rings. The van der Waals surface area contributed by atoms with Crippen molar-refractivity contribution in [3.05, 3.63) is 104 Å². The predicted octanol–water partition coefficient (Wildman–Crippen LogP) is 3.37. The number of hydrogen-bond acceptors (Lipinski definition) is 4. The zero-order valence-corrected chi connectivity index (χ0v) is 14.6. The fourth-order valence-corrected chi connectivity index (χ4v) is 2.61. The van der Waals surface area contributed by atoms with E-state index < -0.39 is 10.8 Å². The minimum Gasteiger partial charge on any atom is -0.316 e. The largest absolute Gasteiger partial charge is 0.316 e. The molecule has 0 atom stereocenters. The zero-order valence-electron chi connectivity index (χ0n) is 14.6. The van der Waals surface area contributed by atoms with Gasteiger partial charge in [0.15, 0.2) is 0 Å². The Hall–Kier alpha value is -3.74. The Morgan fingerprint density at radius 1 is 1.07 bits per heavy atom. The summed E-state index contributed by atoms with van der Waals surface area (Å²) in [7, 11) is 0. The van der Waals surface area contributed by atoms with Crippen molar-refractivity contribution < 1.29 is 9.72 Å². The Bertz CT molecular complexity index is 1060. The van der Waals surface area contributed by atoms with Gasteiger partial charge >= 0.3 is 0 Å². The van der Waals surface area contributed by atoms with Crippen molar-refractivity contribution in [1.82, 2.24) is 4.57 Å². The quantitative estimate of drug-likeness (QED) is 0.555. The van der Waals surface area contributed by atoms with Crippen LogP contribution < -0.4 is 10.9 Å². The lowest BCUT2D eigenvalue weighted by Gasteiger charge is -2.10. The van der Waals surface area contributed by atoms with Crippen molar-refractivity contribution in [2.45, 2.75) is 13.5 Å². The highest BCUT2D eigenvalue weighted by Crippen LogP contribution is 2.23. The van der Waals surface area contributed by atoms with Crippen LogP contribution in [0.1, 0.15) is 21.5 Å². The summed E-state index contributed by atoms with van der Waals surface area (Å²) in [6, 6.07) is 16.3. The van der Waals surface area contributed by atoms with Crippen LogP contribution in [0, 0.1) is 17.0 Å². The summed E-state index contributed by atoms with van der Waals surface area (Å²) in [6.45, 7) is 2.30. The molecule has 0 saturated heterocycles. The molecule has 3 rings (SSSR count). The molecular formula is C20H17N3O4. The first-order valence-electron chi connectivity index (χ1n) is 8.25. The van der Waals surface area contributed by atoms with Crippen LogP contribution in [0.3, 0.4) is 0 Å². The van der Waals surface area contributed by atoms with Gasteiger partial charge in [-0.15, -0.1) is 0 Å². The lowest BCUT2D eigenvalue weighted by Crippen LogP contribution is -2.22. The summed E-state index contributed by atoms with van der Waals surface area (Å²) in [5.41, 5.74) is 1.95.